The van der Waals surface area contributed by atoms with Crippen molar-refractivity contribution >= 4 is 23.2 Å². The predicted molar refractivity (Wildman–Crippen MR) is 131 cm³/mol. The molecule has 0 radical (unpaired) electrons. The van der Waals surface area contributed by atoms with Gasteiger partial charge in [0.05, 0.1) is 17.9 Å². The Balaban J connectivity index is 1.69. The molecule has 0 spiro atoms. The van der Waals surface area contributed by atoms with Gasteiger partial charge in [0.1, 0.15) is 23.1 Å². The van der Waals surface area contributed by atoms with Crippen LogP contribution >= 0.6 is 0 Å². The maximum Gasteiger partial charge on any atom is 0.182 e. The molecule has 3 heterocycles. The Morgan fingerprint density at radius 1 is 1.03 bits per heavy atom. The molecule has 168 valence electrons. The largest absolute Gasteiger partial charge is 0.342 e. The lowest BCUT2D eigenvalue weighted by Crippen LogP contribution is -2.57. The quantitative estimate of drug-likeness (QED) is 0.440. The highest BCUT2D eigenvalue weighted by Crippen LogP contribution is 2.41. The van der Waals surface area contributed by atoms with Gasteiger partial charge in [0, 0.05) is 24.0 Å². The smallest absolute Gasteiger partial charge is 0.182 e. The van der Waals surface area contributed by atoms with Gasteiger partial charge in [0.25, 0.3) is 0 Å². The fraction of sp³-hybridized carbons (Fsp3) is 0.360. The predicted octanol–water partition coefficient (Wildman–Crippen LogP) is 4.92. The van der Waals surface area contributed by atoms with E-state index < -0.39 is 0 Å². The van der Waals surface area contributed by atoms with Crippen LogP contribution in [-0.4, -0.2) is 43.7 Å². The van der Waals surface area contributed by atoms with E-state index in [1.54, 1.807) is 30.4 Å². The van der Waals surface area contributed by atoms with E-state index in [4.69, 9.17) is 15.8 Å². The van der Waals surface area contributed by atoms with Crippen LogP contribution in [0.2, 0.25) is 0 Å². The van der Waals surface area contributed by atoms with Crippen LogP contribution in [0.25, 0.3) is 22.8 Å². The zero-order valence-electron chi connectivity index (χ0n) is 19.0. The normalized spacial score (nSPS) is 18.5. The molecule has 1 saturated carbocycles. The van der Waals surface area contributed by atoms with Crippen LogP contribution in [0.3, 0.4) is 0 Å². The summed E-state index contributed by atoms with van der Waals surface area (Å²) in [6, 6.07) is 10.1. The van der Waals surface area contributed by atoms with Crippen molar-refractivity contribution in [2.75, 3.05) is 9.80 Å². The van der Waals surface area contributed by atoms with Crippen LogP contribution in [0.4, 0.5) is 11.5 Å². The highest BCUT2D eigenvalue weighted by molar-refractivity contribution is 6.22. The number of benzene rings is 1. The summed E-state index contributed by atoms with van der Waals surface area (Å²) >= 11 is 0. The molecular formula is C25H28N8. The Morgan fingerprint density at radius 3 is 2.39 bits per heavy atom. The Labute approximate surface area is 193 Å². The minimum atomic E-state index is -0.126. The van der Waals surface area contributed by atoms with Gasteiger partial charge in [-0.05, 0) is 26.2 Å². The molecule has 5 rings (SSSR count). The highest BCUT2D eigenvalue weighted by atomic mass is 15.4. The monoisotopic (exact) mass is 440 g/mol. The fourth-order valence-corrected chi connectivity index (χ4v) is 5.06. The first-order valence-electron chi connectivity index (χ1n) is 11.6. The van der Waals surface area contributed by atoms with Crippen molar-refractivity contribution in [2.24, 2.45) is 0 Å². The van der Waals surface area contributed by atoms with Crippen molar-refractivity contribution in [3.63, 3.8) is 0 Å². The van der Waals surface area contributed by atoms with Crippen LogP contribution in [0, 0.1) is 10.8 Å². The lowest BCUT2D eigenvalue weighted by molar-refractivity contribution is 0.547. The molecule has 0 saturated heterocycles. The van der Waals surface area contributed by atoms with E-state index in [-0.39, 0.29) is 6.04 Å². The molecular weight excluding hydrogens is 412 g/mol. The molecule has 8 nitrogen and oxygen atoms in total. The van der Waals surface area contributed by atoms with Gasteiger partial charge in [-0.15, -0.1) is 0 Å². The summed E-state index contributed by atoms with van der Waals surface area (Å²) in [4.78, 5) is 22.9. The van der Waals surface area contributed by atoms with Gasteiger partial charge in [-0.1, -0.05) is 50.1 Å². The Hall–Kier alpha value is -3.68. The third-order valence-corrected chi connectivity index (χ3v) is 6.53. The summed E-state index contributed by atoms with van der Waals surface area (Å²) in [7, 11) is 0. The second-order valence-corrected chi connectivity index (χ2v) is 8.60. The van der Waals surface area contributed by atoms with Crippen molar-refractivity contribution < 1.29 is 0 Å². The lowest BCUT2D eigenvalue weighted by Gasteiger charge is -2.45. The summed E-state index contributed by atoms with van der Waals surface area (Å²) in [5, 5.41) is 17.2. The van der Waals surface area contributed by atoms with E-state index >= 15 is 0 Å². The number of amidine groups is 2. The first-order valence-corrected chi connectivity index (χ1v) is 11.6. The molecule has 0 bridgehead atoms. The number of hydrogen-bond donors (Lipinski definition) is 2. The molecule has 2 N–H and O–H groups in total. The van der Waals surface area contributed by atoms with Crippen LogP contribution in [0.5, 0.6) is 0 Å². The maximum atomic E-state index is 8.89. The Kier molecular flexibility index (Phi) is 5.58. The summed E-state index contributed by atoms with van der Waals surface area (Å²) in [5.41, 5.74) is 3.02. The first kappa shape index (κ1) is 21.2. The van der Waals surface area contributed by atoms with E-state index in [1.807, 2.05) is 30.3 Å². The van der Waals surface area contributed by atoms with E-state index in [9.17, 15) is 0 Å². The van der Waals surface area contributed by atoms with Crippen molar-refractivity contribution in [3.05, 3.63) is 48.9 Å². The van der Waals surface area contributed by atoms with Gasteiger partial charge < -0.3 is 4.90 Å². The van der Waals surface area contributed by atoms with E-state index in [0.29, 0.717) is 34.9 Å². The summed E-state index contributed by atoms with van der Waals surface area (Å²) in [5.74, 6) is 2.01. The molecule has 8 heteroatoms. The average molecular weight is 441 g/mol. The molecule has 1 aliphatic heterocycles. The molecule has 0 unspecified atom stereocenters. The van der Waals surface area contributed by atoms with Crippen molar-refractivity contribution in [2.45, 2.75) is 58.0 Å². The zero-order valence-corrected chi connectivity index (χ0v) is 19.0. The van der Waals surface area contributed by atoms with E-state index in [0.717, 1.165) is 36.3 Å². The average Bonchev–Trinajstić information content (AvgIpc) is 3.38. The molecule has 2 aromatic heterocycles. The van der Waals surface area contributed by atoms with Gasteiger partial charge in [0.15, 0.2) is 11.6 Å². The van der Waals surface area contributed by atoms with Gasteiger partial charge in [-0.3, -0.25) is 20.7 Å². The molecule has 0 amide bonds. The highest BCUT2D eigenvalue weighted by Gasteiger charge is 2.41. The molecule has 2 aliphatic rings. The number of fused-ring (bicyclic) bond motifs is 1. The topological polar surface area (TPSA) is 106 Å². The minimum absolute atomic E-state index is 0.126. The number of nitrogens with zero attached hydrogens (tertiary/aromatic N) is 6. The second-order valence-electron chi connectivity index (χ2n) is 8.60. The molecule has 1 aliphatic carbocycles. The first-order chi connectivity index (χ1) is 16.1. The van der Waals surface area contributed by atoms with Crippen molar-refractivity contribution in [3.8, 4) is 22.8 Å². The Morgan fingerprint density at radius 2 is 1.73 bits per heavy atom. The zero-order chi connectivity index (χ0) is 22.9. The van der Waals surface area contributed by atoms with Crippen molar-refractivity contribution in [1.82, 2.24) is 19.9 Å². The van der Waals surface area contributed by atoms with Gasteiger partial charge >= 0.3 is 0 Å². The number of anilines is 2. The van der Waals surface area contributed by atoms with E-state index in [2.05, 4.69) is 26.8 Å². The third-order valence-electron chi connectivity index (χ3n) is 6.53. The minimum Gasteiger partial charge on any atom is -0.342 e. The van der Waals surface area contributed by atoms with Crippen molar-refractivity contribution in [1.29, 1.82) is 10.8 Å². The summed E-state index contributed by atoms with van der Waals surface area (Å²) in [6.07, 6.45) is 10.4. The third kappa shape index (κ3) is 3.65. The van der Waals surface area contributed by atoms with Gasteiger partial charge in [-0.25, -0.2) is 15.0 Å². The SMILES string of the molecule is CC[C@@H]1C(=N)N(C(C)=N)c2cnc(-c3nccnc3-c3ccccc3)nc2N1C1CCCC1. The van der Waals surface area contributed by atoms with E-state index in [1.165, 1.54) is 12.8 Å². The van der Waals surface area contributed by atoms with Crippen LogP contribution in [0.15, 0.2) is 48.9 Å². The fourth-order valence-electron chi connectivity index (χ4n) is 5.06. The Bertz CT molecular complexity index is 1190. The number of nitrogens with one attached hydrogen (secondary N) is 2. The molecule has 1 atom stereocenters. The molecule has 1 aromatic carbocycles. The van der Waals surface area contributed by atoms with Crippen LogP contribution in [-0.2, 0) is 0 Å². The maximum absolute atomic E-state index is 8.89. The molecule has 3 aromatic rings. The molecule has 1 fully saturated rings. The second kappa shape index (κ2) is 8.69. The van der Waals surface area contributed by atoms with Gasteiger partial charge in [-0.2, -0.15) is 0 Å². The number of hydrogen-bond acceptors (Lipinski definition) is 7. The lowest BCUT2D eigenvalue weighted by atomic mass is 10.0. The van der Waals surface area contributed by atoms with Gasteiger partial charge in [0.2, 0.25) is 0 Å². The number of aromatic nitrogens is 4. The molecule has 33 heavy (non-hydrogen) atoms. The van der Waals surface area contributed by atoms with Crippen LogP contribution < -0.4 is 9.80 Å². The standard InChI is InChI=1S/C25H28N8/c1-3-19-23(27)32(16(2)26)20-15-30-24(31-25(20)33(19)18-11-7-8-12-18)22-21(28-13-14-29-22)17-9-5-4-6-10-17/h4-6,9-10,13-15,18-19,26-27H,3,7-8,11-12H2,1-2H3/t19-/m1/s1. The van der Waals surface area contributed by atoms with Crippen LogP contribution in [0.1, 0.15) is 46.0 Å². The summed E-state index contributed by atoms with van der Waals surface area (Å²) in [6.45, 7) is 3.81. The summed E-state index contributed by atoms with van der Waals surface area (Å²) < 4.78 is 0. The number of rotatable bonds is 4.